The van der Waals surface area contributed by atoms with Gasteiger partial charge in [0, 0.05) is 36.5 Å². The number of hydrogen-bond donors (Lipinski definition) is 1. The topological polar surface area (TPSA) is 112 Å². The minimum absolute atomic E-state index is 0.0192. The Labute approximate surface area is 213 Å². The van der Waals surface area contributed by atoms with Crippen LogP contribution in [0.5, 0.6) is 0 Å². The summed E-state index contributed by atoms with van der Waals surface area (Å²) in [5.41, 5.74) is 0.719. The largest absolute Gasteiger partial charge is 0.444 e. The van der Waals surface area contributed by atoms with Crippen molar-refractivity contribution in [3.05, 3.63) is 52.9 Å². The molecule has 1 aromatic carbocycles. The Morgan fingerprint density at radius 3 is 2.59 bits per heavy atom. The quantitative estimate of drug-likeness (QED) is 0.616. The Hall–Kier alpha value is -2.61. The van der Waals surface area contributed by atoms with Gasteiger partial charge in [-0.05, 0) is 45.4 Å². The van der Waals surface area contributed by atoms with Crippen LogP contribution < -0.4 is 5.32 Å². The molecule has 1 aromatic heterocycles. The first-order valence-corrected chi connectivity index (χ1v) is 13.6. The molecule has 1 N–H and O–H groups in total. The van der Waals surface area contributed by atoms with Gasteiger partial charge < -0.3 is 19.5 Å². The molecule has 13 heteroatoms. The normalized spacial score (nSPS) is 24.9. The molecule has 2 saturated heterocycles. The van der Waals surface area contributed by atoms with Crippen LogP contribution in [0.15, 0.2) is 24.4 Å². The van der Waals surface area contributed by atoms with E-state index in [1.54, 1.807) is 20.8 Å². The highest BCUT2D eigenvalue weighted by Crippen LogP contribution is 2.35. The van der Waals surface area contributed by atoms with Crippen molar-refractivity contribution in [2.45, 2.75) is 69.3 Å². The lowest BCUT2D eigenvalue weighted by molar-refractivity contribution is -0.0629. The van der Waals surface area contributed by atoms with Crippen molar-refractivity contribution in [1.29, 1.82) is 0 Å². The molecule has 4 heterocycles. The first-order valence-electron chi connectivity index (χ1n) is 12.1. The Morgan fingerprint density at radius 1 is 1.19 bits per heavy atom. The van der Waals surface area contributed by atoms with Crippen LogP contribution in [-0.2, 0) is 37.3 Å². The van der Waals surface area contributed by atoms with Crippen molar-refractivity contribution in [3.63, 3.8) is 0 Å². The Bertz CT molecular complexity index is 1270. The number of carbonyl (C=O) groups is 1. The average Bonchev–Trinajstić information content (AvgIpc) is 3.33. The van der Waals surface area contributed by atoms with E-state index < -0.39 is 50.7 Å². The molecule has 0 radical (unpaired) electrons. The fourth-order valence-electron chi connectivity index (χ4n) is 4.78. The lowest BCUT2D eigenvalue weighted by atomic mass is 9.92. The lowest BCUT2D eigenvalue weighted by Crippen LogP contribution is -2.52. The summed E-state index contributed by atoms with van der Waals surface area (Å²) in [6.45, 7) is 6.56. The fourth-order valence-corrected chi connectivity index (χ4v) is 6.11. The van der Waals surface area contributed by atoms with E-state index >= 15 is 0 Å². The minimum atomic E-state index is -3.60. The molecule has 0 spiro atoms. The van der Waals surface area contributed by atoms with Gasteiger partial charge in [0.2, 0.25) is 0 Å². The number of aromatic nitrogens is 2. The summed E-state index contributed by atoms with van der Waals surface area (Å²) in [5, 5.41) is 6.50. The van der Waals surface area contributed by atoms with Gasteiger partial charge in [-0.15, -0.1) is 0 Å². The van der Waals surface area contributed by atoms with E-state index in [0.717, 1.165) is 27.8 Å². The predicted octanol–water partition coefficient (Wildman–Crippen LogP) is 2.48. The molecule has 2 aromatic rings. The highest BCUT2D eigenvalue weighted by Gasteiger charge is 2.41. The maximum atomic E-state index is 14.6. The molecular formula is C24H30F2N4O6S. The lowest BCUT2D eigenvalue weighted by Gasteiger charge is -2.40. The average molecular weight is 541 g/mol. The minimum Gasteiger partial charge on any atom is -0.444 e. The number of fused-ring (bicyclic) bond motifs is 1. The number of benzene rings is 1. The number of hydrogen-bond acceptors (Lipinski definition) is 8. The smallest absolute Gasteiger partial charge is 0.407 e. The van der Waals surface area contributed by atoms with Crippen molar-refractivity contribution in [2.75, 3.05) is 19.8 Å². The van der Waals surface area contributed by atoms with E-state index in [2.05, 4.69) is 15.3 Å². The third-order valence-corrected chi connectivity index (χ3v) is 8.54. The number of carbonyl (C=O) groups excluding carboxylic acids is 1. The third kappa shape index (κ3) is 5.35. The summed E-state index contributed by atoms with van der Waals surface area (Å²) in [7, 11) is -3.60. The van der Waals surface area contributed by atoms with Crippen molar-refractivity contribution in [3.8, 4) is 0 Å². The molecule has 0 saturated carbocycles. The third-order valence-electron chi connectivity index (χ3n) is 6.71. The number of nitrogens with zero attached hydrogens (tertiary/aromatic N) is 3. The monoisotopic (exact) mass is 540 g/mol. The molecule has 10 nitrogen and oxygen atoms in total. The van der Waals surface area contributed by atoms with Crippen molar-refractivity contribution in [1.82, 2.24) is 19.4 Å². The summed E-state index contributed by atoms with van der Waals surface area (Å²) in [4.78, 5) is 14.7. The Kier molecular flexibility index (Phi) is 6.75. The summed E-state index contributed by atoms with van der Waals surface area (Å²) in [6.07, 6.45) is 0.314. The molecule has 3 atom stereocenters. The number of amides is 1. The van der Waals surface area contributed by atoms with E-state index in [1.165, 1.54) is 6.20 Å². The van der Waals surface area contributed by atoms with Crippen molar-refractivity contribution < 1.29 is 36.2 Å². The first kappa shape index (κ1) is 26.0. The van der Waals surface area contributed by atoms with Gasteiger partial charge in [-0.3, -0.25) is 4.90 Å². The predicted molar refractivity (Wildman–Crippen MR) is 127 cm³/mol. The zero-order chi connectivity index (χ0) is 26.5. The van der Waals surface area contributed by atoms with E-state index in [0.29, 0.717) is 25.2 Å². The second-order valence-electron chi connectivity index (χ2n) is 10.6. The van der Waals surface area contributed by atoms with Crippen molar-refractivity contribution >= 4 is 16.1 Å². The van der Waals surface area contributed by atoms with E-state index in [1.807, 2.05) is 0 Å². The maximum Gasteiger partial charge on any atom is 0.407 e. The van der Waals surface area contributed by atoms with E-state index in [4.69, 9.17) is 14.2 Å². The second kappa shape index (κ2) is 9.61. The molecule has 1 amide bonds. The summed E-state index contributed by atoms with van der Waals surface area (Å²) in [6, 6.07) is 2.25. The second-order valence-corrected chi connectivity index (χ2v) is 12.7. The number of halogens is 2. The van der Waals surface area contributed by atoms with Crippen LogP contribution >= 0.6 is 0 Å². The Balaban J connectivity index is 1.32. The van der Waals surface area contributed by atoms with Crippen LogP contribution in [0.3, 0.4) is 0 Å². The van der Waals surface area contributed by atoms with Gasteiger partial charge >= 0.3 is 6.09 Å². The zero-order valence-corrected chi connectivity index (χ0v) is 21.6. The van der Waals surface area contributed by atoms with Gasteiger partial charge in [-0.2, -0.15) is 9.19 Å². The van der Waals surface area contributed by atoms with Crippen LogP contribution in [0.2, 0.25) is 0 Å². The number of ether oxygens (including phenoxy) is 3. The van der Waals surface area contributed by atoms with Crippen LogP contribution in [-0.4, -0.2) is 71.4 Å². The van der Waals surface area contributed by atoms with E-state index in [9.17, 15) is 22.0 Å². The molecule has 2 fully saturated rings. The zero-order valence-electron chi connectivity index (χ0n) is 20.8. The highest BCUT2D eigenvalue weighted by molar-refractivity contribution is 7.90. The summed E-state index contributed by atoms with van der Waals surface area (Å²) < 4.78 is 71.3. The van der Waals surface area contributed by atoms with Crippen LogP contribution in [0.4, 0.5) is 13.6 Å². The molecule has 3 aliphatic heterocycles. The van der Waals surface area contributed by atoms with Crippen molar-refractivity contribution in [2.24, 2.45) is 0 Å². The summed E-state index contributed by atoms with van der Waals surface area (Å²) in [5.74, 6) is -1.24. The number of nitrogens with one attached hydrogen (secondary N) is 1. The van der Waals surface area contributed by atoms with Crippen LogP contribution in [0, 0.1) is 11.6 Å². The Morgan fingerprint density at radius 2 is 1.95 bits per heavy atom. The van der Waals surface area contributed by atoms with Crippen LogP contribution in [0.1, 0.15) is 50.1 Å². The molecule has 202 valence electrons. The molecular weight excluding hydrogens is 510 g/mol. The fraction of sp³-hybridized carbons (Fsp3) is 0.583. The highest BCUT2D eigenvalue weighted by atomic mass is 32.2. The van der Waals surface area contributed by atoms with Gasteiger partial charge in [0.25, 0.3) is 10.0 Å². The number of rotatable bonds is 5. The van der Waals surface area contributed by atoms with Crippen LogP contribution in [0.25, 0.3) is 0 Å². The first-order chi connectivity index (χ1) is 17.4. The van der Waals surface area contributed by atoms with Gasteiger partial charge in [-0.1, -0.05) is 0 Å². The molecule has 3 aliphatic rings. The summed E-state index contributed by atoms with van der Waals surface area (Å²) >= 11 is 0. The maximum absolute atomic E-state index is 14.6. The van der Waals surface area contributed by atoms with E-state index in [-0.39, 0.29) is 31.4 Å². The standard InChI is InChI=1S/C24H30F2N4O6S/c1-24(2,3)36-23(31)27-20-7-16(11-35-22(20)18-6-15(25)4-5-19(18)26)29-8-14-9-30(28-21(14)10-29)37(32,33)17-12-34-13-17/h4-6,9,16-17,20,22H,7-8,10-13H2,1-3H3,(H,27,31)/t16-,20+,22-/m1/s1. The SMILES string of the molecule is CC(C)(C)OC(=O)N[C@H]1C[C@@H](N2Cc3cn(S(=O)(=O)C4COC4)nc3C2)CO[C@@H]1c1cc(F)ccc1F. The van der Waals surface area contributed by atoms with Gasteiger partial charge in [0.1, 0.15) is 28.6 Å². The van der Waals surface area contributed by atoms with Gasteiger partial charge in [0.05, 0.1) is 31.6 Å². The molecule has 37 heavy (non-hydrogen) atoms. The molecule has 5 rings (SSSR count). The van der Waals surface area contributed by atoms with Gasteiger partial charge in [-0.25, -0.2) is 22.0 Å². The van der Waals surface area contributed by atoms with Gasteiger partial charge in [0.15, 0.2) is 0 Å². The molecule has 0 unspecified atom stereocenters. The molecule has 0 bridgehead atoms. The molecule has 0 aliphatic carbocycles. The number of alkyl carbamates (subject to hydrolysis) is 1.